The van der Waals surface area contributed by atoms with Gasteiger partial charge in [0.05, 0.1) is 27.8 Å². The molecule has 0 aromatic heterocycles. The van der Waals surface area contributed by atoms with Gasteiger partial charge in [0.15, 0.2) is 0 Å². The van der Waals surface area contributed by atoms with Gasteiger partial charge in [0.25, 0.3) is 10.0 Å². The van der Waals surface area contributed by atoms with E-state index in [0.717, 1.165) is 27.8 Å². The fourth-order valence-corrected chi connectivity index (χ4v) is 5.70. The summed E-state index contributed by atoms with van der Waals surface area (Å²) in [5.41, 5.74) is 5.65. The predicted molar refractivity (Wildman–Crippen MR) is 118 cm³/mol. The third-order valence-electron chi connectivity index (χ3n) is 5.78. The van der Waals surface area contributed by atoms with Gasteiger partial charge in [-0.3, -0.25) is 9.52 Å². The molecule has 0 saturated carbocycles. The van der Waals surface area contributed by atoms with E-state index in [1.165, 1.54) is 0 Å². The van der Waals surface area contributed by atoms with Crippen molar-refractivity contribution in [1.82, 2.24) is 5.32 Å². The summed E-state index contributed by atoms with van der Waals surface area (Å²) >= 11 is 6.41. The largest absolute Gasteiger partial charge is 0.359 e. The van der Waals surface area contributed by atoms with Crippen molar-refractivity contribution in [1.29, 1.82) is 0 Å². The third kappa shape index (κ3) is 4.07. The Morgan fingerprint density at radius 1 is 1.00 bits per heavy atom. The molecule has 1 aliphatic heterocycles. The maximum absolute atomic E-state index is 13.2. The molecule has 1 fully saturated rings. The summed E-state index contributed by atoms with van der Waals surface area (Å²) in [5, 5.41) is 3.16. The zero-order valence-electron chi connectivity index (χ0n) is 17.3. The lowest BCUT2D eigenvalue weighted by atomic mass is 9.95. The molecule has 1 aliphatic rings. The maximum Gasteiger partial charge on any atom is 0.262 e. The Balaban J connectivity index is 1.94. The first-order valence-electron chi connectivity index (χ1n) is 9.44. The van der Waals surface area contributed by atoms with Crippen LogP contribution in [0.25, 0.3) is 0 Å². The topological polar surface area (TPSA) is 78.5 Å². The van der Waals surface area contributed by atoms with Gasteiger partial charge in [0.2, 0.25) is 5.91 Å². The molecular weight excluding hydrogens is 410 g/mol. The fraction of sp³-hybridized carbons (Fsp3) is 0.381. The molecule has 29 heavy (non-hydrogen) atoms. The summed E-state index contributed by atoms with van der Waals surface area (Å²) in [6, 6.07) is 4.99. The molecule has 2 aromatic carbocycles. The number of carbonyl (C=O) groups is 1. The molecule has 1 amide bonds. The van der Waals surface area contributed by atoms with Gasteiger partial charge in [0.1, 0.15) is 0 Å². The second-order valence-corrected chi connectivity index (χ2v) is 9.52. The van der Waals surface area contributed by atoms with Gasteiger partial charge < -0.3 is 10.2 Å². The molecule has 0 spiro atoms. The van der Waals surface area contributed by atoms with E-state index in [0.29, 0.717) is 34.4 Å². The maximum atomic E-state index is 13.2. The van der Waals surface area contributed by atoms with E-state index in [9.17, 15) is 13.2 Å². The van der Waals surface area contributed by atoms with Gasteiger partial charge in [-0.25, -0.2) is 8.42 Å². The van der Waals surface area contributed by atoms with Crippen molar-refractivity contribution in [3.05, 3.63) is 51.0 Å². The number of halogens is 1. The van der Waals surface area contributed by atoms with Crippen LogP contribution in [0.4, 0.5) is 11.4 Å². The Hall–Kier alpha value is -2.25. The molecule has 2 N–H and O–H groups in total. The zero-order chi connectivity index (χ0) is 21.5. The normalized spacial score (nSPS) is 14.7. The minimum atomic E-state index is -3.79. The summed E-state index contributed by atoms with van der Waals surface area (Å²) in [6.07, 6.45) is 0. The van der Waals surface area contributed by atoms with E-state index in [-0.39, 0.29) is 12.5 Å². The summed E-state index contributed by atoms with van der Waals surface area (Å²) in [4.78, 5) is 13.8. The highest BCUT2D eigenvalue weighted by Gasteiger charge is 2.24. The molecule has 0 radical (unpaired) electrons. The van der Waals surface area contributed by atoms with Crippen LogP contribution in [0, 0.1) is 34.6 Å². The summed E-state index contributed by atoms with van der Waals surface area (Å²) in [5.74, 6) is -0.0619. The zero-order valence-corrected chi connectivity index (χ0v) is 18.9. The van der Waals surface area contributed by atoms with Crippen molar-refractivity contribution >= 4 is 38.9 Å². The van der Waals surface area contributed by atoms with Crippen LogP contribution in [0.15, 0.2) is 23.1 Å². The highest BCUT2D eigenvalue weighted by Crippen LogP contribution is 2.33. The third-order valence-corrected chi connectivity index (χ3v) is 7.74. The molecular formula is C21H26ClN3O3S. The van der Waals surface area contributed by atoms with Crippen molar-refractivity contribution in [3.63, 3.8) is 0 Å². The van der Waals surface area contributed by atoms with Crippen molar-refractivity contribution in [2.45, 2.75) is 39.5 Å². The molecule has 0 atom stereocenters. The van der Waals surface area contributed by atoms with E-state index in [4.69, 9.17) is 11.6 Å². The monoisotopic (exact) mass is 435 g/mol. The highest BCUT2D eigenvalue weighted by molar-refractivity contribution is 7.92. The first kappa shape index (κ1) is 21.5. The van der Waals surface area contributed by atoms with Gasteiger partial charge in [0, 0.05) is 13.1 Å². The highest BCUT2D eigenvalue weighted by atomic mass is 35.5. The minimum Gasteiger partial charge on any atom is -0.359 e. The number of piperazine rings is 1. The van der Waals surface area contributed by atoms with Crippen LogP contribution in [-0.4, -0.2) is 34.0 Å². The van der Waals surface area contributed by atoms with Gasteiger partial charge in [-0.15, -0.1) is 0 Å². The number of rotatable bonds is 4. The molecule has 0 bridgehead atoms. The summed E-state index contributed by atoms with van der Waals surface area (Å²) in [6.45, 7) is 11.0. The summed E-state index contributed by atoms with van der Waals surface area (Å²) < 4.78 is 29.0. The number of amides is 1. The van der Waals surface area contributed by atoms with Crippen LogP contribution in [0.2, 0.25) is 5.02 Å². The van der Waals surface area contributed by atoms with Gasteiger partial charge >= 0.3 is 0 Å². The van der Waals surface area contributed by atoms with Crippen molar-refractivity contribution in [2.24, 2.45) is 0 Å². The molecule has 156 valence electrons. The average molecular weight is 436 g/mol. The number of nitrogens with zero attached hydrogens (tertiary/aromatic N) is 1. The standard InChI is InChI=1S/C21H26ClN3O3S/c1-12-13(2)15(4)21(16(5)14(12)3)29(27,28)24-17-6-7-19(18(22)10-17)25-9-8-23-20(26)11-25/h6-7,10,24H,8-9,11H2,1-5H3,(H,23,26). The van der Waals surface area contributed by atoms with Crippen LogP contribution in [0.5, 0.6) is 0 Å². The quantitative estimate of drug-likeness (QED) is 0.768. The molecule has 8 heteroatoms. The molecule has 2 aromatic rings. The van der Waals surface area contributed by atoms with E-state index >= 15 is 0 Å². The molecule has 0 unspecified atom stereocenters. The van der Waals surface area contributed by atoms with Crippen molar-refractivity contribution < 1.29 is 13.2 Å². The van der Waals surface area contributed by atoms with Crippen LogP contribution < -0.4 is 14.9 Å². The number of nitrogens with one attached hydrogen (secondary N) is 2. The number of sulfonamides is 1. The Morgan fingerprint density at radius 3 is 2.14 bits per heavy atom. The van der Waals surface area contributed by atoms with E-state index in [1.807, 2.05) is 39.5 Å². The predicted octanol–water partition coefficient (Wildman–Crippen LogP) is 3.62. The Bertz CT molecular complexity index is 1070. The molecule has 0 aliphatic carbocycles. The Morgan fingerprint density at radius 2 is 1.59 bits per heavy atom. The van der Waals surface area contributed by atoms with Crippen molar-refractivity contribution in [2.75, 3.05) is 29.3 Å². The molecule has 1 heterocycles. The van der Waals surface area contributed by atoms with E-state index in [1.54, 1.807) is 18.2 Å². The molecule has 1 saturated heterocycles. The first-order chi connectivity index (χ1) is 13.5. The number of carbonyl (C=O) groups excluding carboxylic acids is 1. The first-order valence-corrected chi connectivity index (χ1v) is 11.3. The van der Waals surface area contributed by atoms with Crippen molar-refractivity contribution in [3.8, 4) is 0 Å². The average Bonchev–Trinajstić information content (AvgIpc) is 2.64. The van der Waals surface area contributed by atoms with Crippen LogP contribution in [-0.2, 0) is 14.8 Å². The fourth-order valence-electron chi connectivity index (χ4n) is 3.75. The second kappa shape index (κ2) is 7.88. The number of benzene rings is 2. The van der Waals surface area contributed by atoms with E-state index < -0.39 is 10.0 Å². The molecule has 3 rings (SSSR count). The lowest BCUT2D eigenvalue weighted by Crippen LogP contribution is -2.47. The Kier molecular flexibility index (Phi) is 5.83. The number of hydrogen-bond acceptors (Lipinski definition) is 4. The van der Waals surface area contributed by atoms with Gasteiger partial charge in [-0.05, 0) is 80.6 Å². The van der Waals surface area contributed by atoms with Crippen LogP contribution in [0.3, 0.4) is 0 Å². The van der Waals surface area contributed by atoms with E-state index in [2.05, 4.69) is 10.0 Å². The summed E-state index contributed by atoms with van der Waals surface area (Å²) in [7, 11) is -3.79. The SMILES string of the molecule is Cc1c(C)c(C)c(S(=O)(=O)Nc2ccc(N3CCNC(=O)C3)c(Cl)c2)c(C)c1C. The Labute approximate surface area is 177 Å². The van der Waals surface area contributed by atoms with Crippen LogP contribution in [0.1, 0.15) is 27.8 Å². The lowest BCUT2D eigenvalue weighted by Gasteiger charge is -2.29. The minimum absolute atomic E-state index is 0.0619. The van der Waals surface area contributed by atoms with Gasteiger partial charge in [-0.1, -0.05) is 11.6 Å². The molecule has 6 nitrogen and oxygen atoms in total. The lowest BCUT2D eigenvalue weighted by molar-refractivity contribution is -0.120. The number of anilines is 2. The van der Waals surface area contributed by atoms with Gasteiger partial charge in [-0.2, -0.15) is 0 Å². The second-order valence-electron chi connectivity index (χ2n) is 7.50. The van der Waals surface area contributed by atoms with Crippen LogP contribution >= 0.6 is 11.6 Å². The number of hydrogen-bond donors (Lipinski definition) is 2. The smallest absolute Gasteiger partial charge is 0.262 e.